The average molecular weight is 649 g/mol. The van der Waals surface area contributed by atoms with Gasteiger partial charge in [0.25, 0.3) is 5.91 Å². The van der Waals surface area contributed by atoms with Crippen LogP contribution >= 0.6 is 22.6 Å². The summed E-state index contributed by atoms with van der Waals surface area (Å²) in [7, 11) is -3.39. The number of hydrogen-bond donors (Lipinski definition) is 1. The maximum absolute atomic E-state index is 16.0. The Kier molecular flexibility index (Phi) is 7.34. The minimum atomic E-state index is -3.39. The maximum atomic E-state index is 16.0. The van der Waals surface area contributed by atoms with E-state index in [1.807, 2.05) is 49.4 Å². The van der Waals surface area contributed by atoms with Crippen LogP contribution in [-0.4, -0.2) is 55.5 Å². The molecule has 2 amide bonds. The van der Waals surface area contributed by atoms with Crippen LogP contribution in [0.4, 0.5) is 9.80 Å². The number of carbonyl (C=O) groups is 2. The van der Waals surface area contributed by atoms with Gasteiger partial charge in [0, 0.05) is 33.7 Å². The van der Waals surface area contributed by atoms with Crippen molar-refractivity contribution in [1.82, 2.24) is 4.90 Å². The fraction of sp³-hybridized carbons (Fsp3) is 0.448. The van der Waals surface area contributed by atoms with Gasteiger partial charge >= 0.3 is 0 Å². The Balaban J connectivity index is 1.51. The Labute approximate surface area is 238 Å². The minimum absolute atomic E-state index is 0.0379. The van der Waals surface area contributed by atoms with E-state index in [9.17, 15) is 14.7 Å². The molecule has 2 aromatic carbocycles. The van der Waals surface area contributed by atoms with E-state index in [1.165, 1.54) is 0 Å². The first-order valence-electron chi connectivity index (χ1n) is 13.1. The van der Waals surface area contributed by atoms with Gasteiger partial charge in [-0.05, 0) is 71.4 Å². The highest BCUT2D eigenvalue weighted by atomic mass is 127. The van der Waals surface area contributed by atoms with Crippen molar-refractivity contribution in [3.8, 4) is 0 Å². The number of fused-ring (bicyclic) bond motifs is 3. The van der Waals surface area contributed by atoms with Crippen LogP contribution in [0.5, 0.6) is 0 Å². The first kappa shape index (κ1) is 27.5. The van der Waals surface area contributed by atoms with Crippen molar-refractivity contribution in [1.29, 1.82) is 0 Å². The Morgan fingerprint density at radius 3 is 2.66 bits per heavy atom. The molecule has 0 aliphatic carbocycles. The minimum Gasteiger partial charge on any atom is -0.394 e. The van der Waals surface area contributed by atoms with E-state index in [0.717, 1.165) is 25.9 Å². The maximum Gasteiger partial charge on any atom is 0.264 e. The number of halogens is 2. The number of ether oxygens (including phenoxy) is 1. The molecule has 202 valence electrons. The summed E-state index contributed by atoms with van der Waals surface area (Å²) in [5.74, 6) is -0.866. The number of amides is 2. The third-order valence-corrected chi connectivity index (χ3v) is 11.6. The van der Waals surface area contributed by atoms with Crippen LogP contribution in [0.15, 0.2) is 55.1 Å². The lowest BCUT2D eigenvalue weighted by atomic mass is 9.82. The SMILES string of the molecule is C=CCN1C(=O)[C@@]2(O[C@@H](CC(=O)N3Cc4ccccc4C[C@H]3CO)[C@H]([Si](C)(C)F)[C@H]2C)c2cc(I)ccc21. The van der Waals surface area contributed by atoms with Crippen molar-refractivity contribution in [2.75, 3.05) is 18.1 Å². The molecule has 0 saturated carbocycles. The molecule has 5 atom stereocenters. The Hall–Kier alpha value is -2.08. The van der Waals surface area contributed by atoms with E-state index < -0.39 is 31.6 Å². The van der Waals surface area contributed by atoms with Crippen LogP contribution < -0.4 is 4.90 Å². The number of aliphatic hydroxyl groups is 1. The molecule has 3 heterocycles. The fourth-order valence-electron chi connectivity index (χ4n) is 6.86. The molecule has 1 spiro atoms. The quantitative estimate of drug-likeness (QED) is 0.209. The molecule has 2 aromatic rings. The summed E-state index contributed by atoms with van der Waals surface area (Å²) in [6.45, 7) is 9.55. The molecule has 3 aliphatic heterocycles. The third-order valence-electron chi connectivity index (χ3n) is 8.50. The average Bonchev–Trinajstić information content (AvgIpc) is 3.29. The summed E-state index contributed by atoms with van der Waals surface area (Å²) in [4.78, 5) is 31.2. The number of nitrogens with zero attached hydrogens (tertiary/aromatic N) is 2. The lowest BCUT2D eigenvalue weighted by Crippen LogP contribution is -2.48. The van der Waals surface area contributed by atoms with E-state index in [1.54, 1.807) is 29.0 Å². The molecule has 0 radical (unpaired) electrons. The second-order valence-electron chi connectivity index (χ2n) is 11.2. The van der Waals surface area contributed by atoms with E-state index in [-0.39, 0.29) is 30.9 Å². The highest BCUT2D eigenvalue weighted by Gasteiger charge is 2.67. The predicted molar refractivity (Wildman–Crippen MR) is 156 cm³/mol. The van der Waals surface area contributed by atoms with E-state index in [0.29, 0.717) is 19.5 Å². The van der Waals surface area contributed by atoms with Crippen LogP contribution in [0.2, 0.25) is 18.6 Å². The summed E-state index contributed by atoms with van der Waals surface area (Å²) in [5, 5.41) is 10.1. The molecule has 1 N–H and O–H groups in total. The summed E-state index contributed by atoms with van der Waals surface area (Å²) in [6, 6.07) is 13.4. The zero-order chi connectivity index (χ0) is 27.4. The first-order chi connectivity index (χ1) is 18.0. The molecule has 0 bridgehead atoms. The molecule has 6 nitrogen and oxygen atoms in total. The van der Waals surface area contributed by atoms with Crippen molar-refractivity contribution in [2.45, 2.75) is 62.7 Å². The molecule has 1 fully saturated rings. The van der Waals surface area contributed by atoms with Crippen molar-refractivity contribution < 1.29 is 23.5 Å². The normalized spacial score (nSPS) is 28.5. The highest BCUT2D eigenvalue weighted by molar-refractivity contribution is 14.1. The van der Waals surface area contributed by atoms with Crippen molar-refractivity contribution in [2.24, 2.45) is 5.92 Å². The van der Waals surface area contributed by atoms with Gasteiger partial charge in [-0.25, -0.2) is 0 Å². The van der Waals surface area contributed by atoms with Crippen molar-refractivity contribution >= 4 is 48.5 Å². The molecular formula is C29H34FIN2O4Si. The lowest BCUT2D eigenvalue weighted by Gasteiger charge is -2.37. The number of aliphatic hydroxyl groups excluding tert-OH is 1. The van der Waals surface area contributed by atoms with Gasteiger partial charge in [0.05, 0.1) is 30.9 Å². The molecule has 38 heavy (non-hydrogen) atoms. The number of rotatable bonds is 6. The van der Waals surface area contributed by atoms with Gasteiger partial charge in [0.2, 0.25) is 14.3 Å². The fourth-order valence-corrected chi connectivity index (χ4v) is 9.85. The Morgan fingerprint density at radius 2 is 2.00 bits per heavy atom. The smallest absolute Gasteiger partial charge is 0.264 e. The third kappa shape index (κ3) is 4.35. The van der Waals surface area contributed by atoms with Crippen LogP contribution in [0, 0.1) is 9.49 Å². The molecule has 1 saturated heterocycles. The second-order valence-corrected chi connectivity index (χ2v) is 16.2. The number of anilines is 1. The summed E-state index contributed by atoms with van der Waals surface area (Å²) >= 11 is 2.21. The molecule has 0 aromatic heterocycles. The predicted octanol–water partition coefficient (Wildman–Crippen LogP) is 4.93. The Morgan fingerprint density at radius 1 is 1.29 bits per heavy atom. The number of benzene rings is 2. The van der Waals surface area contributed by atoms with Crippen LogP contribution in [0.3, 0.4) is 0 Å². The van der Waals surface area contributed by atoms with Gasteiger partial charge in [-0.15, -0.1) is 6.58 Å². The monoisotopic (exact) mass is 648 g/mol. The summed E-state index contributed by atoms with van der Waals surface area (Å²) in [5.41, 5.74) is 1.75. The zero-order valence-electron chi connectivity index (χ0n) is 22.0. The van der Waals surface area contributed by atoms with E-state index in [2.05, 4.69) is 29.2 Å². The topological polar surface area (TPSA) is 70.1 Å². The molecule has 3 aliphatic rings. The Bertz CT molecular complexity index is 1280. The summed E-state index contributed by atoms with van der Waals surface area (Å²) < 4.78 is 23.7. The van der Waals surface area contributed by atoms with Crippen molar-refractivity contribution in [3.05, 3.63) is 75.4 Å². The van der Waals surface area contributed by atoms with E-state index >= 15 is 4.11 Å². The number of carbonyl (C=O) groups excluding carboxylic acids is 2. The van der Waals surface area contributed by atoms with Crippen LogP contribution in [0.25, 0.3) is 0 Å². The van der Waals surface area contributed by atoms with Crippen LogP contribution in [0.1, 0.15) is 30.0 Å². The van der Waals surface area contributed by atoms with Gasteiger partial charge in [-0.2, -0.15) is 0 Å². The van der Waals surface area contributed by atoms with E-state index in [4.69, 9.17) is 4.74 Å². The van der Waals surface area contributed by atoms with Gasteiger partial charge in [0.15, 0.2) is 5.60 Å². The standard InChI is InChI=1S/C29H34FIN2O4Si/c1-5-12-32-24-11-10-21(31)14-23(24)29(28(32)36)18(2)27(38(3,4)30)25(37-29)15-26(35)33-16-20-9-7-6-8-19(20)13-22(33)17-34/h5-11,14,18,22,25,27,34H,1,12-13,15-17H2,2-4H3/t18-,22+,25+,27-,29+/m1/s1. The summed E-state index contributed by atoms with van der Waals surface area (Å²) in [6.07, 6.45) is 1.45. The van der Waals surface area contributed by atoms with Gasteiger partial charge in [-0.3, -0.25) is 9.59 Å². The molecular weight excluding hydrogens is 614 g/mol. The van der Waals surface area contributed by atoms with Gasteiger partial charge in [0.1, 0.15) is 0 Å². The van der Waals surface area contributed by atoms with Gasteiger partial charge in [-0.1, -0.05) is 37.3 Å². The molecule has 9 heteroatoms. The second kappa shape index (κ2) is 10.1. The largest absolute Gasteiger partial charge is 0.394 e. The molecule has 0 unspecified atom stereocenters. The molecule has 5 rings (SSSR count). The highest BCUT2D eigenvalue weighted by Crippen LogP contribution is 2.60. The lowest BCUT2D eigenvalue weighted by molar-refractivity contribution is -0.150. The van der Waals surface area contributed by atoms with Crippen molar-refractivity contribution in [3.63, 3.8) is 0 Å². The van der Waals surface area contributed by atoms with Crippen LogP contribution in [-0.2, 0) is 32.9 Å². The number of hydrogen-bond acceptors (Lipinski definition) is 4. The van der Waals surface area contributed by atoms with Gasteiger partial charge < -0.3 is 23.8 Å². The first-order valence-corrected chi connectivity index (χ1v) is 17.1. The zero-order valence-corrected chi connectivity index (χ0v) is 25.2.